The lowest BCUT2D eigenvalue weighted by Gasteiger charge is -2.28. The number of aromatic nitrogens is 5. The summed E-state index contributed by atoms with van der Waals surface area (Å²) in [7, 11) is 0. The molecule has 2 atom stereocenters. The molecule has 1 saturated heterocycles. The Morgan fingerprint density at radius 3 is 2.74 bits per heavy atom. The van der Waals surface area contributed by atoms with E-state index in [-0.39, 0.29) is 6.29 Å². The van der Waals surface area contributed by atoms with E-state index >= 15 is 0 Å². The highest BCUT2D eigenvalue weighted by molar-refractivity contribution is 5.79. The van der Waals surface area contributed by atoms with E-state index in [1.54, 1.807) is 30.1 Å². The quantitative estimate of drug-likeness (QED) is 0.261. The predicted molar refractivity (Wildman–Crippen MR) is 154 cm³/mol. The van der Waals surface area contributed by atoms with Crippen LogP contribution in [-0.4, -0.2) is 50.5 Å². The van der Waals surface area contributed by atoms with Gasteiger partial charge in [0.25, 0.3) is 0 Å². The molecule has 4 aromatic heterocycles. The molecule has 0 radical (unpaired) electrons. The highest BCUT2D eigenvalue weighted by Crippen LogP contribution is 2.39. The molecular formula is C31H34N8O3. The monoisotopic (exact) mass is 566 g/mol. The van der Waals surface area contributed by atoms with Crippen LogP contribution in [0.4, 0.5) is 5.69 Å². The average molecular weight is 567 g/mol. The smallest absolute Gasteiger partial charge is 0.170 e. The standard InChI is InChI=1S/C31H34N8O3/c1-20(15-32)37-27-14-29(39-31-24(18-36-39)12-22(16-33)17-35-31)34-19-25(27)28-13-26(38-42-28)23-7-5-21(6-8-23)9-11-41-30-4-2-3-10-40-30/h12-14,17-21,23,30H,2-11H2,1H3,(H,34,37)/t20-,21?,23?,30-/m1/s1. The van der Waals surface area contributed by atoms with E-state index in [1.165, 1.54) is 12.6 Å². The van der Waals surface area contributed by atoms with Crippen LogP contribution in [0, 0.1) is 28.6 Å². The molecule has 0 amide bonds. The number of nitrogens with zero attached hydrogens (tertiary/aromatic N) is 7. The first-order chi connectivity index (χ1) is 20.6. The van der Waals surface area contributed by atoms with Gasteiger partial charge < -0.3 is 19.3 Å². The second kappa shape index (κ2) is 12.7. The first-order valence-electron chi connectivity index (χ1n) is 14.7. The van der Waals surface area contributed by atoms with E-state index in [1.807, 2.05) is 12.1 Å². The largest absolute Gasteiger partial charge is 0.369 e. The van der Waals surface area contributed by atoms with Crippen LogP contribution in [0.25, 0.3) is 28.2 Å². The van der Waals surface area contributed by atoms with E-state index in [0.717, 1.165) is 69.2 Å². The highest BCUT2D eigenvalue weighted by atomic mass is 16.7. The fourth-order valence-corrected chi connectivity index (χ4v) is 5.86. The van der Waals surface area contributed by atoms with Crippen molar-refractivity contribution in [3.63, 3.8) is 0 Å². The third-order valence-electron chi connectivity index (χ3n) is 8.24. The van der Waals surface area contributed by atoms with Crippen molar-refractivity contribution in [2.24, 2.45) is 5.92 Å². The molecule has 0 spiro atoms. The number of ether oxygens (including phenoxy) is 2. The average Bonchev–Trinajstić information content (AvgIpc) is 3.69. The molecule has 4 aromatic rings. The molecule has 1 N–H and O–H groups in total. The maximum absolute atomic E-state index is 9.49. The summed E-state index contributed by atoms with van der Waals surface area (Å²) >= 11 is 0. The van der Waals surface area contributed by atoms with Crippen LogP contribution >= 0.6 is 0 Å². The minimum atomic E-state index is -0.448. The Morgan fingerprint density at radius 2 is 1.95 bits per heavy atom. The lowest BCUT2D eigenvalue weighted by molar-refractivity contribution is -0.164. The normalized spacial score (nSPS) is 21.5. The first-order valence-corrected chi connectivity index (χ1v) is 14.7. The van der Waals surface area contributed by atoms with Crippen LogP contribution in [0.2, 0.25) is 0 Å². The number of hydrogen-bond donors (Lipinski definition) is 1. The van der Waals surface area contributed by atoms with E-state index in [9.17, 15) is 10.5 Å². The number of hydrogen-bond acceptors (Lipinski definition) is 10. The summed E-state index contributed by atoms with van der Waals surface area (Å²) < 4.78 is 19.1. The van der Waals surface area contributed by atoms with Gasteiger partial charge in [0.05, 0.1) is 34.8 Å². The molecule has 42 heavy (non-hydrogen) atoms. The van der Waals surface area contributed by atoms with Crippen molar-refractivity contribution in [2.75, 3.05) is 18.5 Å². The molecule has 216 valence electrons. The van der Waals surface area contributed by atoms with Gasteiger partial charge >= 0.3 is 0 Å². The minimum Gasteiger partial charge on any atom is -0.369 e. The molecule has 0 bridgehead atoms. The number of rotatable bonds is 9. The van der Waals surface area contributed by atoms with Crippen LogP contribution in [0.15, 0.2) is 41.3 Å². The van der Waals surface area contributed by atoms with E-state index in [2.05, 4.69) is 37.7 Å². The predicted octanol–water partition coefficient (Wildman–Crippen LogP) is 5.87. The van der Waals surface area contributed by atoms with Crippen LogP contribution in [0.1, 0.15) is 75.5 Å². The Bertz CT molecular complexity index is 1600. The number of nitrogens with one attached hydrogen (secondary N) is 1. The third kappa shape index (κ3) is 6.13. The lowest BCUT2D eigenvalue weighted by Crippen LogP contribution is -2.24. The molecule has 1 saturated carbocycles. The zero-order valence-corrected chi connectivity index (χ0v) is 23.7. The fourth-order valence-electron chi connectivity index (χ4n) is 5.86. The van der Waals surface area contributed by atoms with Crippen LogP contribution in [0.3, 0.4) is 0 Å². The van der Waals surface area contributed by atoms with Crippen molar-refractivity contribution in [1.82, 2.24) is 24.9 Å². The van der Waals surface area contributed by atoms with Gasteiger partial charge in [0.1, 0.15) is 12.1 Å². The molecule has 1 aliphatic carbocycles. The summed E-state index contributed by atoms with van der Waals surface area (Å²) in [6.45, 7) is 3.36. The first kappa shape index (κ1) is 27.8. The van der Waals surface area contributed by atoms with Gasteiger partial charge in [-0.2, -0.15) is 20.3 Å². The SMILES string of the molecule is C[C@H](C#N)Nc1cc(-n2ncc3cc(C#N)cnc32)ncc1-c1cc(C2CCC(CCO[C@@H]3CCCCO3)CC2)no1. The van der Waals surface area contributed by atoms with Gasteiger partial charge in [0.2, 0.25) is 0 Å². The second-order valence-electron chi connectivity index (χ2n) is 11.2. The summed E-state index contributed by atoms with van der Waals surface area (Å²) in [5.74, 6) is 2.14. The van der Waals surface area contributed by atoms with Crippen molar-refractivity contribution >= 4 is 16.7 Å². The summed E-state index contributed by atoms with van der Waals surface area (Å²) in [6, 6.07) is 9.43. The Labute approximate surface area is 244 Å². The van der Waals surface area contributed by atoms with Gasteiger partial charge in [-0.3, -0.25) is 0 Å². The van der Waals surface area contributed by atoms with Crippen molar-refractivity contribution < 1.29 is 14.0 Å². The molecular weight excluding hydrogens is 532 g/mol. The van der Waals surface area contributed by atoms with E-state index < -0.39 is 6.04 Å². The molecule has 0 unspecified atom stereocenters. The highest BCUT2D eigenvalue weighted by Gasteiger charge is 2.26. The zero-order chi connectivity index (χ0) is 28.9. The zero-order valence-electron chi connectivity index (χ0n) is 23.7. The number of nitriles is 2. The maximum Gasteiger partial charge on any atom is 0.170 e. The minimum absolute atomic E-state index is 0.0177. The van der Waals surface area contributed by atoms with Gasteiger partial charge in [-0.1, -0.05) is 5.16 Å². The second-order valence-corrected chi connectivity index (χ2v) is 11.2. The molecule has 6 rings (SSSR count). The van der Waals surface area contributed by atoms with Gasteiger partial charge in [0.15, 0.2) is 23.5 Å². The molecule has 11 nitrogen and oxygen atoms in total. The lowest BCUT2D eigenvalue weighted by atomic mass is 9.79. The van der Waals surface area contributed by atoms with Gasteiger partial charge in [-0.15, -0.1) is 0 Å². The Morgan fingerprint density at radius 1 is 1.07 bits per heavy atom. The van der Waals surface area contributed by atoms with Crippen LogP contribution < -0.4 is 5.32 Å². The number of pyridine rings is 2. The van der Waals surface area contributed by atoms with Crippen molar-refractivity contribution in [1.29, 1.82) is 10.5 Å². The molecule has 11 heteroatoms. The van der Waals surface area contributed by atoms with Crippen LogP contribution in [-0.2, 0) is 9.47 Å². The number of anilines is 1. The Balaban J connectivity index is 1.15. The van der Waals surface area contributed by atoms with E-state index in [0.29, 0.717) is 45.9 Å². The summed E-state index contributed by atoms with van der Waals surface area (Å²) in [5, 5.41) is 31.5. The Hall–Kier alpha value is -4.32. The summed E-state index contributed by atoms with van der Waals surface area (Å²) in [5.41, 5.74) is 3.39. The molecule has 2 aliphatic rings. The van der Waals surface area contributed by atoms with Gasteiger partial charge in [-0.05, 0) is 70.3 Å². The van der Waals surface area contributed by atoms with Gasteiger partial charge in [0, 0.05) is 49.0 Å². The van der Waals surface area contributed by atoms with Crippen molar-refractivity contribution in [3.05, 3.63) is 48.0 Å². The third-order valence-corrected chi connectivity index (χ3v) is 8.24. The van der Waals surface area contributed by atoms with Crippen molar-refractivity contribution in [2.45, 2.75) is 76.5 Å². The Kier molecular flexibility index (Phi) is 8.40. The summed E-state index contributed by atoms with van der Waals surface area (Å²) in [4.78, 5) is 9.04. The summed E-state index contributed by atoms with van der Waals surface area (Å²) in [6.07, 6.45) is 13.7. The molecule has 0 aromatic carbocycles. The number of fused-ring (bicyclic) bond motifs is 1. The molecule has 5 heterocycles. The van der Waals surface area contributed by atoms with Gasteiger partial charge in [-0.25, -0.2) is 9.97 Å². The molecule has 1 aliphatic heterocycles. The fraction of sp³-hybridized carbons (Fsp3) is 0.484. The molecule has 2 fully saturated rings. The van der Waals surface area contributed by atoms with Crippen LogP contribution in [0.5, 0.6) is 0 Å². The maximum atomic E-state index is 9.49. The topological polar surface area (TPSA) is 148 Å². The van der Waals surface area contributed by atoms with Crippen molar-refractivity contribution in [3.8, 4) is 29.3 Å². The van der Waals surface area contributed by atoms with E-state index in [4.69, 9.17) is 14.0 Å².